The lowest BCUT2D eigenvalue weighted by molar-refractivity contribution is 0.601. The first-order chi connectivity index (χ1) is 5.88. The molecule has 0 radical (unpaired) electrons. The van der Waals surface area contributed by atoms with E-state index in [1.807, 2.05) is 0 Å². The van der Waals surface area contributed by atoms with Gasteiger partial charge in [0.25, 0.3) is 0 Å². The van der Waals surface area contributed by atoms with Crippen LogP contribution in [-0.4, -0.2) is 14.7 Å². The van der Waals surface area contributed by atoms with Crippen molar-refractivity contribution in [3.8, 4) is 0 Å². The average molecular weight is 311 g/mol. The molecule has 0 unspecified atom stereocenters. The van der Waals surface area contributed by atoms with Gasteiger partial charge >= 0.3 is 0 Å². The van der Waals surface area contributed by atoms with Gasteiger partial charge in [0.15, 0.2) is 9.84 Å². The third-order valence-corrected chi connectivity index (χ3v) is 3.29. The van der Waals surface area contributed by atoms with Gasteiger partial charge in [0.1, 0.15) is 0 Å². The van der Waals surface area contributed by atoms with Crippen LogP contribution in [0.4, 0.5) is 5.69 Å². The van der Waals surface area contributed by atoms with Crippen LogP contribution in [0.2, 0.25) is 0 Å². The molecule has 0 spiro atoms. The van der Waals surface area contributed by atoms with Crippen LogP contribution >= 0.6 is 22.6 Å². The third kappa shape index (κ3) is 3.51. The quantitative estimate of drug-likeness (QED) is 0.664. The molecular weight excluding hydrogens is 301 g/mol. The van der Waals surface area contributed by atoms with Crippen molar-refractivity contribution in [1.82, 2.24) is 0 Å². The number of halogens is 1. The Bertz CT molecular complexity index is 414. The van der Waals surface area contributed by atoms with Crippen LogP contribution in [0.3, 0.4) is 0 Å². The Morgan fingerprint density at radius 2 is 2.08 bits per heavy atom. The molecule has 1 aromatic rings. The van der Waals surface area contributed by atoms with Gasteiger partial charge in [0.2, 0.25) is 0 Å². The van der Waals surface area contributed by atoms with E-state index in [1.54, 1.807) is 18.2 Å². The zero-order valence-corrected chi connectivity index (χ0v) is 10.1. The lowest BCUT2D eigenvalue weighted by Crippen LogP contribution is -2.01. The van der Waals surface area contributed by atoms with E-state index in [0.717, 1.165) is 9.13 Å². The van der Waals surface area contributed by atoms with Crippen LogP contribution in [0, 0.1) is 3.57 Å². The second kappa shape index (κ2) is 3.83. The Morgan fingerprint density at radius 3 is 2.54 bits per heavy atom. The highest BCUT2D eigenvalue weighted by Crippen LogP contribution is 2.17. The summed E-state index contributed by atoms with van der Waals surface area (Å²) < 4.78 is 22.8. The largest absolute Gasteiger partial charge is 0.398 e. The Balaban J connectivity index is 2.99. The fourth-order valence-electron chi connectivity index (χ4n) is 0.963. The monoisotopic (exact) mass is 311 g/mol. The van der Waals surface area contributed by atoms with Gasteiger partial charge in [0.05, 0.1) is 5.75 Å². The first kappa shape index (κ1) is 10.8. The minimum atomic E-state index is -2.95. The van der Waals surface area contributed by atoms with Gasteiger partial charge in [-0.2, -0.15) is 0 Å². The van der Waals surface area contributed by atoms with Gasteiger partial charge in [-0.3, -0.25) is 0 Å². The van der Waals surface area contributed by atoms with Crippen molar-refractivity contribution < 1.29 is 8.42 Å². The molecule has 72 valence electrons. The second-order valence-corrected chi connectivity index (χ2v) is 6.23. The summed E-state index contributed by atoms with van der Waals surface area (Å²) in [5.74, 6) is 0.0727. The highest BCUT2D eigenvalue weighted by Gasteiger charge is 2.05. The van der Waals surface area contributed by atoms with E-state index in [4.69, 9.17) is 5.73 Å². The molecule has 0 amide bonds. The summed E-state index contributed by atoms with van der Waals surface area (Å²) in [6.45, 7) is 0. The van der Waals surface area contributed by atoms with Crippen LogP contribution in [0.25, 0.3) is 0 Å². The number of sulfone groups is 1. The van der Waals surface area contributed by atoms with Crippen molar-refractivity contribution in [2.24, 2.45) is 0 Å². The van der Waals surface area contributed by atoms with Crippen LogP contribution in [0.5, 0.6) is 0 Å². The first-order valence-corrected chi connectivity index (χ1v) is 6.74. The van der Waals surface area contributed by atoms with Gasteiger partial charge in [0, 0.05) is 15.5 Å². The molecule has 0 heterocycles. The normalized spacial score (nSPS) is 11.5. The molecule has 0 bridgehead atoms. The smallest absolute Gasteiger partial charge is 0.151 e. The highest BCUT2D eigenvalue weighted by atomic mass is 127. The summed E-state index contributed by atoms with van der Waals surface area (Å²) in [4.78, 5) is 0. The molecule has 3 nitrogen and oxygen atoms in total. The van der Waals surface area contributed by atoms with Gasteiger partial charge in [-0.25, -0.2) is 8.42 Å². The summed E-state index contributed by atoms with van der Waals surface area (Å²) in [5.41, 5.74) is 7.05. The standard InChI is InChI=1S/C8H10INO2S/c1-13(11,12)5-6-2-3-8(10)7(9)4-6/h2-4H,5,10H2,1H3. The topological polar surface area (TPSA) is 60.2 Å². The second-order valence-electron chi connectivity index (χ2n) is 2.93. The first-order valence-electron chi connectivity index (χ1n) is 3.60. The van der Waals surface area contributed by atoms with E-state index in [9.17, 15) is 8.42 Å². The molecule has 0 saturated heterocycles. The summed E-state index contributed by atoms with van der Waals surface area (Å²) in [5, 5.41) is 0. The fourth-order valence-corrected chi connectivity index (χ4v) is 2.33. The molecule has 0 fully saturated rings. The molecule has 0 saturated carbocycles. The Kier molecular flexibility index (Phi) is 3.18. The average Bonchev–Trinajstić information content (AvgIpc) is 1.94. The summed E-state index contributed by atoms with van der Waals surface area (Å²) in [7, 11) is -2.95. The zero-order chi connectivity index (χ0) is 10.1. The summed E-state index contributed by atoms with van der Waals surface area (Å²) >= 11 is 2.08. The molecular formula is C8H10INO2S. The Labute approximate surface area is 91.4 Å². The number of hydrogen-bond acceptors (Lipinski definition) is 3. The highest BCUT2D eigenvalue weighted by molar-refractivity contribution is 14.1. The number of rotatable bonds is 2. The molecule has 0 atom stereocenters. The maximum Gasteiger partial charge on any atom is 0.151 e. The van der Waals surface area contributed by atoms with Gasteiger partial charge in [-0.1, -0.05) is 6.07 Å². The van der Waals surface area contributed by atoms with Crippen LogP contribution in [-0.2, 0) is 15.6 Å². The SMILES string of the molecule is CS(=O)(=O)Cc1ccc(N)c(I)c1. The Hall–Kier alpha value is -0.300. The molecule has 2 N–H and O–H groups in total. The minimum absolute atomic E-state index is 0.0727. The predicted molar refractivity (Wildman–Crippen MR) is 62.1 cm³/mol. The number of nitrogens with two attached hydrogens (primary N) is 1. The van der Waals surface area contributed by atoms with E-state index in [0.29, 0.717) is 5.69 Å². The molecule has 0 aliphatic heterocycles. The molecule has 1 aromatic carbocycles. The number of anilines is 1. The number of nitrogen functional groups attached to an aromatic ring is 1. The minimum Gasteiger partial charge on any atom is -0.398 e. The lowest BCUT2D eigenvalue weighted by atomic mass is 10.2. The summed E-state index contributed by atoms with van der Waals surface area (Å²) in [6.07, 6.45) is 1.22. The van der Waals surface area contributed by atoms with Crippen molar-refractivity contribution in [3.63, 3.8) is 0 Å². The maximum atomic E-state index is 11.0. The summed E-state index contributed by atoms with van der Waals surface area (Å²) in [6, 6.07) is 5.25. The van der Waals surface area contributed by atoms with Crippen molar-refractivity contribution in [3.05, 3.63) is 27.3 Å². The lowest BCUT2D eigenvalue weighted by Gasteiger charge is -2.02. The zero-order valence-electron chi connectivity index (χ0n) is 7.12. The van der Waals surface area contributed by atoms with Gasteiger partial charge < -0.3 is 5.73 Å². The molecule has 1 rings (SSSR count). The van der Waals surface area contributed by atoms with Gasteiger partial charge in [-0.15, -0.1) is 0 Å². The van der Waals surface area contributed by atoms with E-state index in [-0.39, 0.29) is 5.75 Å². The third-order valence-electron chi connectivity index (χ3n) is 1.49. The van der Waals surface area contributed by atoms with Gasteiger partial charge in [-0.05, 0) is 40.3 Å². The fraction of sp³-hybridized carbons (Fsp3) is 0.250. The molecule has 0 aliphatic carbocycles. The maximum absolute atomic E-state index is 11.0. The molecule has 0 aromatic heterocycles. The van der Waals surface area contributed by atoms with Crippen LogP contribution < -0.4 is 5.73 Å². The number of hydrogen-bond donors (Lipinski definition) is 1. The van der Waals surface area contributed by atoms with Crippen molar-refractivity contribution in [2.75, 3.05) is 12.0 Å². The molecule has 0 aliphatic rings. The van der Waals surface area contributed by atoms with E-state index < -0.39 is 9.84 Å². The van der Waals surface area contributed by atoms with Crippen molar-refractivity contribution in [1.29, 1.82) is 0 Å². The van der Waals surface area contributed by atoms with E-state index in [2.05, 4.69) is 22.6 Å². The van der Waals surface area contributed by atoms with Crippen LogP contribution in [0.15, 0.2) is 18.2 Å². The van der Waals surface area contributed by atoms with E-state index >= 15 is 0 Å². The molecule has 5 heteroatoms. The van der Waals surface area contributed by atoms with Crippen molar-refractivity contribution >= 4 is 38.1 Å². The van der Waals surface area contributed by atoms with Crippen molar-refractivity contribution in [2.45, 2.75) is 5.75 Å². The van der Waals surface area contributed by atoms with Crippen LogP contribution in [0.1, 0.15) is 5.56 Å². The molecule has 13 heavy (non-hydrogen) atoms. The van der Waals surface area contributed by atoms with E-state index in [1.165, 1.54) is 6.26 Å². The number of benzene rings is 1. The predicted octanol–water partition coefficient (Wildman–Crippen LogP) is 1.42. The Morgan fingerprint density at radius 1 is 1.46 bits per heavy atom.